The van der Waals surface area contributed by atoms with Crippen LogP contribution in [0.3, 0.4) is 0 Å². The van der Waals surface area contributed by atoms with Crippen LogP contribution in [0.1, 0.15) is 6.42 Å². The summed E-state index contributed by atoms with van der Waals surface area (Å²) in [5.74, 6) is 0.546. The Balaban J connectivity index is 2.06. The SMILES string of the molecule is N#CCC1COC1. The van der Waals surface area contributed by atoms with Gasteiger partial charge in [-0.3, -0.25) is 0 Å². The molecular formula is C5H7NO. The highest BCUT2D eigenvalue weighted by molar-refractivity contribution is 4.78. The van der Waals surface area contributed by atoms with Gasteiger partial charge in [-0.25, -0.2) is 0 Å². The summed E-state index contributed by atoms with van der Waals surface area (Å²) in [6.45, 7) is 1.60. The van der Waals surface area contributed by atoms with Crippen molar-refractivity contribution in [3.63, 3.8) is 0 Å². The second-order valence-corrected chi connectivity index (χ2v) is 1.77. The summed E-state index contributed by atoms with van der Waals surface area (Å²) in [6, 6.07) is 2.09. The van der Waals surface area contributed by atoms with E-state index in [9.17, 15) is 0 Å². The molecule has 0 unspecified atom stereocenters. The zero-order valence-electron chi connectivity index (χ0n) is 4.05. The van der Waals surface area contributed by atoms with Crippen LogP contribution in [0.2, 0.25) is 0 Å². The highest BCUT2D eigenvalue weighted by Crippen LogP contribution is 2.12. The van der Waals surface area contributed by atoms with Gasteiger partial charge in [0.2, 0.25) is 0 Å². The lowest BCUT2D eigenvalue weighted by molar-refractivity contribution is -0.0291. The smallest absolute Gasteiger partial charge is 0.0626 e. The Morgan fingerprint density at radius 3 is 2.57 bits per heavy atom. The average molecular weight is 97.1 g/mol. The second-order valence-electron chi connectivity index (χ2n) is 1.77. The molecule has 0 aliphatic carbocycles. The lowest BCUT2D eigenvalue weighted by atomic mass is 10.1. The van der Waals surface area contributed by atoms with Crippen molar-refractivity contribution in [1.82, 2.24) is 0 Å². The number of nitriles is 1. The zero-order chi connectivity index (χ0) is 5.11. The lowest BCUT2D eigenvalue weighted by Gasteiger charge is -2.22. The molecule has 0 radical (unpaired) electrons. The Morgan fingerprint density at radius 1 is 1.71 bits per heavy atom. The van der Waals surface area contributed by atoms with Crippen LogP contribution in [0, 0.1) is 17.2 Å². The van der Waals surface area contributed by atoms with Crippen LogP contribution in [0.5, 0.6) is 0 Å². The summed E-state index contributed by atoms with van der Waals surface area (Å²) in [6.07, 6.45) is 0.667. The van der Waals surface area contributed by atoms with Crippen molar-refractivity contribution in [1.29, 1.82) is 5.26 Å². The molecule has 2 heteroatoms. The van der Waals surface area contributed by atoms with Crippen molar-refractivity contribution < 1.29 is 4.74 Å². The number of hydrogen-bond donors (Lipinski definition) is 0. The van der Waals surface area contributed by atoms with Crippen molar-refractivity contribution in [3.8, 4) is 6.07 Å². The molecular weight excluding hydrogens is 90.1 g/mol. The molecule has 38 valence electrons. The fourth-order valence-corrected chi connectivity index (χ4v) is 0.531. The van der Waals surface area contributed by atoms with Crippen LogP contribution in [0.15, 0.2) is 0 Å². The van der Waals surface area contributed by atoms with Crippen molar-refractivity contribution in [2.45, 2.75) is 6.42 Å². The van der Waals surface area contributed by atoms with Crippen LogP contribution in [-0.2, 0) is 4.74 Å². The van der Waals surface area contributed by atoms with Crippen molar-refractivity contribution in [2.24, 2.45) is 5.92 Å². The summed E-state index contributed by atoms with van der Waals surface area (Å²) in [5.41, 5.74) is 0. The third kappa shape index (κ3) is 0.908. The van der Waals surface area contributed by atoms with Gasteiger partial charge in [0.25, 0.3) is 0 Å². The van der Waals surface area contributed by atoms with E-state index in [0.717, 1.165) is 13.2 Å². The summed E-state index contributed by atoms with van der Waals surface area (Å²) < 4.78 is 4.84. The molecule has 0 bridgehead atoms. The molecule has 1 heterocycles. The monoisotopic (exact) mass is 97.1 g/mol. The van der Waals surface area contributed by atoms with Gasteiger partial charge in [-0.15, -0.1) is 0 Å². The summed E-state index contributed by atoms with van der Waals surface area (Å²) in [7, 11) is 0. The summed E-state index contributed by atoms with van der Waals surface area (Å²) in [5, 5.41) is 8.10. The van der Waals surface area contributed by atoms with E-state index in [1.165, 1.54) is 0 Å². The highest BCUT2D eigenvalue weighted by atomic mass is 16.5. The summed E-state index contributed by atoms with van der Waals surface area (Å²) >= 11 is 0. The van der Waals surface area contributed by atoms with Crippen LogP contribution in [0.25, 0.3) is 0 Å². The van der Waals surface area contributed by atoms with Gasteiger partial charge < -0.3 is 4.74 Å². The molecule has 0 aromatic carbocycles. The topological polar surface area (TPSA) is 33.0 Å². The standard InChI is InChI=1S/C5H7NO/c6-2-1-5-3-7-4-5/h5H,1,3-4H2. The first-order valence-electron chi connectivity index (χ1n) is 2.38. The van der Waals surface area contributed by atoms with E-state index in [4.69, 9.17) is 10.00 Å². The van der Waals surface area contributed by atoms with Gasteiger partial charge in [0.05, 0.1) is 19.3 Å². The van der Waals surface area contributed by atoms with Gasteiger partial charge in [0, 0.05) is 12.3 Å². The first-order valence-corrected chi connectivity index (χ1v) is 2.38. The molecule has 0 amide bonds. The molecule has 1 aliphatic heterocycles. The number of rotatable bonds is 1. The Hall–Kier alpha value is -0.550. The van der Waals surface area contributed by atoms with Gasteiger partial charge in [-0.1, -0.05) is 0 Å². The molecule has 0 aromatic heterocycles. The van der Waals surface area contributed by atoms with Crippen molar-refractivity contribution >= 4 is 0 Å². The minimum Gasteiger partial charge on any atom is -0.381 e. The Kier molecular flexibility index (Phi) is 1.28. The lowest BCUT2D eigenvalue weighted by Crippen LogP contribution is -2.26. The van der Waals surface area contributed by atoms with Crippen LogP contribution in [0.4, 0.5) is 0 Å². The molecule has 0 atom stereocenters. The minimum absolute atomic E-state index is 0.546. The largest absolute Gasteiger partial charge is 0.381 e. The molecule has 0 N–H and O–H groups in total. The van der Waals surface area contributed by atoms with Crippen LogP contribution >= 0.6 is 0 Å². The molecule has 1 fully saturated rings. The predicted molar refractivity (Wildman–Crippen MR) is 24.5 cm³/mol. The number of nitrogens with zero attached hydrogens (tertiary/aromatic N) is 1. The van der Waals surface area contributed by atoms with E-state index in [2.05, 4.69) is 6.07 Å². The number of ether oxygens (including phenoxy) is 1. The number of hydrogen-bond acceptors (Lipinski definition) is 2. The fourth-order valence-electron chi connectivity index (χ4n) is 0.531. The van der Waals surface area contributed by atoms with E-state index >= 15 is 0 Å². The van der Waals surface area contributed by atoms with Crippen molar-refractivity contribution in [2.75, 3.05) is 13.2 Å². The van der Waals surface area contributed by atoms with E-state index < -0.39 is 0 Å². The Bertz CT molecular complexity index is 90.7. The van der Waals surface area contributed by atoms with Gasteiger partial charge >= 0.3 is 0 Å². The molecule has 0 aromatic rings. The normalized spacial score (nSPS) is 20.4. The highest BCUT2D eigenvalue weighted by Gasteiger charge is 2.16. The quantitative estimate of drug-likeness (QED) is 0.478. The maximum absolute atomic E-state index is 8.10. The van der Waals surface area contributed by atoms with Crippen LogP contribution in [-0.4, -0.2) is 13.2 Å². The first-order chi connectivity index (χ1) is 3.43. The van der Waals surface area contributed by atoms with Crippen molar-refractivity contribution in [3.05, 3.63) is 0 Å². The van der Waals surface area contributed by atoms with Gasteiger partial charge in [0.15, 0.2) is 0 Å². The Labute approximate surface area is 42.7 Å². The minimum atomic E-state index is 0.546. The van der Waals surface area contributed by atoms with E-state index in [1.807, 2.05) is 0 Å². The molecule has 0 saturated carbocycles. The zero-order valence-corrected chi connectivity index (χ0v) is 4.05. The molecule has 2 nitrogen and oxygen atoms in total. The Morgan fingerprint density at radius 2 is 2.43 bits per heavy atom. The third-order valence-corrected chi connectivity index (χ3v) is 1.09. The molecule has 1 saturated heterocycles. The van der Waals surface area contributed by atoms with Crippen LogP contribution < -0.4 is 0 Å². The van der Waals surface area contributed by atoms with E-state index in [1.54, 1.807) is 0 Å². The molecule has 0 spiro atoms. The van der Waals surface area contributed by atoms with E-state index in [0.29, 0.717) is 12.3 Å². The average Bonchev–Trinajstić information content (AvgIpc) is 1.55. The first kappa shape index (κ1) is 4.61. The molecule has 1 aliphatic rings. The van der Waals surface area contributed by atoms with E-state index in [-0.39, 0.29) is 0 Å². The maximum atomic E-state index is 8.10. The summed E-state index contributed by atoms with van der Waals surface area (Å²) in [4.78, 5) is 0. The fraction of sp³-hybridized carbons (Fsp3) is 0.800. The second kappa shape index (κ2) is 1.94. The molecule has 1 rings (SSSR count). The maximum Gasteiger partial charge on any atom is 0.0626 e. The van der Waals surface area contributed by atoms with Gasteiger partial charge in [-0.05, 0) is 0 Å². The van der Waals surface area contributed by atoms with Gasteiger partial charge in [0.1, 0.15) is 0 Å². The molecule has 7 heavy (non-hydrogen) atoms. The van der Waals surface area contributed by atoms with Gasteiger partial charge in [-0.2, -0.15) is 5.26 Å². The third-order valence-electron chi connectivity index (χ3n) is 1.09. The predicted octanol–water partition coefficient (Wildman–Crippen LogP) is 0.546.